The maximum absolute atomic E-state index is 12.9. The Labute approximate surface area is 182 Å². The Morgan fingerprint density at radius 2 is 1.71 bits per heavy atom. The highest BCUT2D eigenvalue weighted by Crippen LogP contribution is 2.30. The van der Waals surface area contributed by atoms with Crippen LogP contribution in [0.4, 0.5) is 18.9 Å². The molecular formula is C23H13BrF3N3O. The highest BCUT2D eigenvalue weighted by molar-refractivity contribution is 9.10. The molecule has 0 bridgehead atoms. The number of aromatic nitrogens is 2. The van der Waals surface area contributed by atoms with Crippen LogP contribution >= 0.6 is 15.9 Å². The van der Waals surface area contributed by atoms with Gasteiger partial charge in [-0.25, -0.2) is 9.98 Å². The third kappa shape index (κ3) is 3.86. The Kier molecular flexibility index (Phi) is 4.66. The predicted molar refractivity (Wildman–Crippen MR) is 116 cm³/mol. The first-order valence-electron chi connectivity index (χ1n) is 9.27. The monoisotopic (exact) mass is 483 g/mol. The first-order valence-corrected chi connectivity index (χ1v) is 10.1. The summed E-state index contributed by atoms with van der Waals surface area (Å²) in [4.78, 5) is 12.4. The molecule has 0 aliphatic heterocycles. The van der Waals surface area contributed by atoms with E-state index in [1.165, 1.54) is 12.1 Å². The van der Waals surface area contributed by atoms with Crippen LogP contribution in [-0.4, -0.2) is 9.97 Å². The van der Waals surface area contributed by atoms with Gasteiger partial charge in [-0.1, -0.05) is 28.1 Å². The SMILES string of the molecule is FC(F)(F)c1ccc(N=c2oc3ccc(Br)cc3cc2-c2nc3ccccc3[nH]2)cc1. The van der Waals surface area contributed by atoms with E-state index in [1.54, 1.807) is 6.07 Å². The number of para-hydroxylation sites is 2. The Morgan fingerprint density at radius 3 is 2.45 bits per heavy atom. The minimum Gasteiger partial charge on any atom is -0.438 e. The molecule has 5 rings (SSSR count). The molecule has 2 aromatic heterocycles. The van der Waals surface area contributed by atoms with Gasteiger partial charge in [0, 0.05) is 9.86 Å². The van der Waals surface area contributed by atoms with E-state index >= 15 is 0 Å². The number of halogens is 4. The smallest absolute Gasteiger partial charge is 0.416 e. The second kappa shape index (κ2) is 7.39. The second-order valence-electron chi connectivity index (χ2n) is 6.91. The fourth-order valence-corrected chi connectivity index (χ4v) is 3.66. The van der Waals surface area contributed by atoms with Crippen molar-refractivity contribution in [2.24, 2.45) is 4.99 Å². The first kappa shape index (κ1) is 19.6. The number of hydrogen-bond donors (Lipinski definition) is 1. The van der Waals surface area contributed by atoms with Crippen LogP contribution < -0.4 is 5.55 Å². The molecule has 0 aliphatic rings. The summed E-state index contributed by atoms with van der Waals surface area (Å²) in [6.07, 6.45) is -4.40. The number of aromatic amines is 1. The molecule has 0 radical (unpaired) electrons. The van der Waals surface area contributed by atoms with Crippen LogP contribution in [0, 0.1) is 0 Å². The van der Waals surface area contributed by atoms with Gasteiger partial charge >= 0.3 is 6.18 Å². The molecule has 5 aromatic rings. The number of rotatable bonds is 2. The maximum atomic E-state index is 12.9. The normalized spacial score (nSPS) is 12.7. The predicted octanol–water partition coefficient (Wildman–Crippen LogP) is 6.99. The van der Waals surface area contributed by atoms with Crippen LogP contribution in [-0.2, 0) is 6.18 Å². The highest BCUT2D eigenvalue weighted by Gasteiger charge is 2.29. The molecule has 0 amide bonds. The van der Waals surface area contributed by atoms with Gasteiger partial charge in [0.2, 0.25) is 5.55 Å². The van der Waals surface area contributed by atoms with Crippen molar-refractivity contribution in [1.82, 2.24) is 9.97 Å². The molecule has 0 aliphatic carbocycles. The van der Waals surface area contributed by atoms with Gasteiger partial charge in [-0.3, -0.25) is 0 Å². The van der Waals surface area contributed by atoms with Crippen LogP contribution in [0.15, 0.2) is 86.7 Å². The summed E-state index contributed by atoms with van der Waals surface area (Å²) in [6, 6.07) is 19.7. The summed E-state index contributed by atoms with van der Waals surface area (Å²) in [5, 5.41) is 0.830. The molecule has 1 N–H and O–H groups in total. The molecule has 0 spiro atoms. The lowest BCUT2D eigenvalue weighted by Gasteiger charge is -2.06. The summed E-state index contributed by atoms with van der Waals surface area (Å²) in [7, 11) is 0. The average molecular weight is 484 g/mol. The van der Waals surface area contributed by atoms with Crippen LogP contribution in [0.3, 0.4) is 0 Å². The van der Waals surface area contributed by atoms with Crippen LogP contribution in [0.1, 0.15) is 5.56 Å². The van der Waals surface area contributed by atoms with E-state index in [-0.39, 0.29) is 5.55 Å². The van der Waals surface area contributed by atoms with Crippen molar-refractivity contribution in [3.63, 3.8) is 0 Å². The zero-order chi connectivity index (χ0) is 21.6. The zero-order valence-corrected chi connectivity index (χ0v) is 17.3. The molecule has 31 heavy (non-hydrogen) atoms. The molecular weight excluding hydrogens is 471 g/mol. The van der Waals surface area contributed by atoms with E-state index in [1.807, 2.05) is 42.5 Å². The second-order valence-corrected chi connectivity index (χ2v) is 7.82. The fraction of sp³-hybridized carbons (Fsp3) is 0.0435. The molecule has 8 heteroatoms. The van der Waals surface area contributed by atoms with Crippen molar-refractivity contribution in [2.45, 2.75) is 6.18 Å². The van der Waals surface area contributed by atoms with Crippen molar-refractivity contribution in [3.8, 4) is 11.4 Å². The fourth-order valence-electron chi connectivity index (χ4n) is 3.28. The van der Waals surface area contributed by atoms with Crippen molar-refractivity contribution >= 4 is 43.6 Å². The minimum absolute atomic E-state index is 0.244. The van der Waals surface area contributed by atoms with Crippen LogP contribution in [0.25, 0.3) is 33.4 Å². The summed E-state index contributed by atoms with van der Waals surface area (Å²) in [5.74, 6) is 0.553. The Hall–Kier alpha value is -3.39. The van der Waals surface area contributed by atoms with E-state index in [0.717, 1.165) is 33.0 Å². The number of imidazole rings is 1. The number of nitrogens with one attached hydrogen (secondary N) is 1. The van der Waals surface area contributed by atoms with Gasteiger partial charge in [-0.05, 0) is 60.7 Å². The molecule has 3 aromatic carbocycles. The minimum atomic E-state index is -4.40. The number of nitrogens with zero attached hydrogens (tertiary/aromatic N) is 2. The largest absolute Gasteiger partial charge is 0.438 e. The van der Waals surface area contributed by atoms with Crippen LogP contribution in [0.2, 0.25) is 0 Å². The highest BCUT2D eigenvalue weighted by atomic mass is 79.9. The quantitative estimate of drug-likeness (QED) is 0.294. The van der Waals surface area contributed by atoms with Crippen molar-refractivity contribution in [1.29, 1.82) is 0 Å². The van der Waals surface area contributed by atoms with Gasteiger partial charge < -0.3 is 9.40 Å². The molecule has 4 nitrogen and oxygen atoms in total. The molecule has 0 atom stereocenters. The Morgan fingerprint density at radius 1 is 0.935 bits per heavy atom. The Bertz CT molecular complexity index is 1450. The third-order valence-corrected chi connectivity index (χ3v) is 5.27. The van der Waals surface area contributed by atoms with Gasteiger partial charge in [0.25, 0.3) is 0 Å². The van der Waals surface area contributed by atoms with Gasteiger partial charge in [0.1, 0.15) is 11.4 Å². The topological polar surface area (TPSA) is 54.2 Å². The van der Waals surface area contributed by atoms with Crippen LogP contribution in [0.5, 0.6) is 0 Å². The summed E-state index contributed by atoms with van der Waals surface area (Å²) in [6.45, 7) is 0. The lowest BCUT2D eigenvalue weighted by molar-refractivity contribution is -0.137. The maximum Gasteiger partial charge on any atom is 0.416 e. The number of fused-ring (bicyclic) bond motifs is 2. The van der Waals surface area contributed by atoms with E-state index in [9.17, 15) is 13.2 Å². The number of benzene rings is 3. The van der Waals surface area contributed by atoms with E-state index in [0.29, 0.717) is 22.7 Å². The average Bonchev–Trinajstić information content (AvgIpc) is 3.17. The standard InChI is InChI=1S/C23H13BrF3N3O/c24-15-7-10-20-13(11-15)12-17(21-29-18-3-1-2-4-19(18)30-21)22(31-20)28-16-8-5-14(6-9-16)23(25,26)27/h1-12H,(H,29,30). The number of H-pyrrole nitrogens is 1. The van der Waals surface area contributed by atoms with E-state index in [4.69, 9.17) is 4.42 Å². The number of alkyl halides is 3. The first-order chi connectivity index (χ1) is 14.9. The van der Waals surface area contributed by atoms with Crippen molar-refractivity contribution < 1.29 is 17.6 Å². The molecule has 0 saturated carbocycles. The van der Waals surface area contributed by atoms with E-state index < -0.39 is 11.7 Å². The van der Waals surface area contributed by atoms with E-state index in [2.05, 4.69) is 30.9 Å². The molecule has 2 heterocycles. The number of hydrogen-bond acceptors (Lipinski definition) is 3. The van der Waals surface area contributed by atoms with Gasteiger partial charge in [-0.2, -0.15) is 13.2 Å². The lowest BCUT2D eigenvalue weighted by atomic mass is 10.1. The summed E-state index contributed by atoms with van der Waals surface area (Å²) in [5.41, 5.74) is 2.68. The summed E-state index contributed by atoms with van der Waals surface area (Å²) < 4.78 is 45.5. The summed E-state index contributed by atoms with van der Waals surface area (Å²) >= 11 is 3.46. The third-order valence-electron chi connectivity index (χ3n) is 4.78. The van der Waals surface area contributed by atoms with Crippen molar-refractivity contribution in [2.75, 3.05) is 0 Å². The molecule has 154 valence electrons. The molecule has 0 fully saturated rings. The van der Waals surface area contributed by atoms with Gasteiger partial charge in [0.05, 0.1) is 27.8 Å². The van der Waals surface area contributed by atoms with Gasteiger partial charge in [0.15, 0.2) is 0 Å². The van der Waals surface area contributed by atoms with Gasteiger partial charge in [-0.15, -0.1) is 0 Å². The Balaban J connectivity index is 1.73. The van der Waals surface area contributed by atoms with Crippen molar-refractivity contribution in [3.05, 3.63) is 88.4 Å². The zero-order valence-electron chi connectivity index (χ0n) is 15.7. The lowest BCUT2D eigenvalue weighted by Crippen LogP contribution is -2.07. The molecule has 0 saturated heterocycles. The molecule has 0 unspecified atom stereocenters.